The lowest BCUT2D eigenvalue weighted by atomic mass is 10.5. The molecule has 0 aromatic heterocycles. The molecule has 0 fully saturated rings. The van der Waals surface area contributed by atoms with Crippen LogP contribution < -0.4 is 5.32 Å². The monoisotopic (exact) mass is 115 g/mol. The molecule has 3 nitrogen and oxygen atoms in total. The Morgan fingerprint density at radius 2 is 2.38 bits per heavy atom. The van der Waals surface area contributed by atoms with E-state index in [4.69, 9.17) is 5.11 Å². The molecule has 0 spiro atoms. The molecule has 46 valence electrons. The molecule has 0 radical (unpaired) electrons. The molecule has 2 N–H and O–H groups in total. The summed E-state index contributed by atoms with van der Waals surface area (Å²) in [5, 5.41) is 11.1. The van der Waals surface area contributed by atoms with E-state index >= 15 is 0 Å². The van der Waals surface area contributed by atoms with Crippen LogP contribution in [0, 0.1) is 0 Å². The summed E-state index contributed by atoms with van der Waals surface area (Å²) in [6.07, 6.45) is 2.49. The molecule has 0 aliphatic carbocycles. The number of hydrogen-bond acceptors (Lipinski definition) is 3. The van der Waals surface area contributed by atoms with Crippen molar-refractivity contribution in [1.82, 2.24) is 5.32 Å². The highest BCUT2D eigenvalue weighted by Crippen LogP contribution is 1.74. The van der Waals surface area contributed by atoms with Crippen LogP contribution in [0.1, 0.15) is 0 Å². The quantitative estimate of drug-likeness (QED) is 0.290. The summed E-state index contributed by atoms with van der Waals surface area (Å²) in [6, 6.07) is 0. The number of aliphatic hydroxyl groups is 1. The minimum absolute atomic E-state index is 0.612. The van der Waals surface area contributed by atoms with Gasteiger partial charge in [0.25, 0.3) is 0 Å². The van der Waals surface area contributed by atoms with E-state index in [-0.39, 0.29) is 0 Å². The van der Waals surface area contributed by atoms with Gasteiger partial charge in [0.2, 0.25) is 0 Å². The largest absolute Gasteiger partial charge is 0.375 e. The van der Waals surface area contributed by atoms with Crippen LogP contribution in [0.2, 0.25) is 0 Å². The fourth-order valence-electron chi connectivity index (χ4n) is 0.247. The first-order valence-electron chi connectivity index (χ1n) is 2.28. The van der Waals surface area contributed by atoms with Crippen molar-refractivity contribution in [2.75, 3.05) is 7.05 Å². The number of carbonyl (C=O) groups is 1. The maximum absolute atomic E-state index is 9.60. The molecule has 0 aliphatic rings. The summed E-state index contributed by atoms with van der Waals surface area (Å²) in [7, 11) is 1.60. The smallest absolute Gasteiger partial charge is 0.142 e. The van der Waals surface area contributed by atoms with Gasteiger partial charge in [0.15, 0.2) is 0 Å². The summed E-state index contributed by atoms with van der Waals surface area (Å²) < 4.78 is 0. The van der Waals surface area contributed by atoms with Crippen molar-refractivity contribution in [2.24, 2.45) is 0 Å². The molecule has 8 heavy (non-hydrogen) atoms. The molecule has 3 heteroatoms. The van der Waals surface area contributed by atoms with Crippen molar-refractivity contribution >= 4 is 6.29 Å². The third-order valence-electron chi connectivity index (χ3n) is 0.668. The van der Waals surface area contributed by atoms with E-state index in [9.17, 15) is 4.79 Å². The van der Waals surface area contributed by atoms with Crippen LogP contribution in [-0.4, -0.2) is 24.7 Å². The Kier molecular flexibility index (Phi) is 4.11. The second-order valence-electron chi connectivity index (χ2n) is 1.25. The number of carbonyl (C=O) groups excluding carboxylic acids is 1. The molecule has 0 heterocycles. The van der Waals surface area contributed by atoms with Crippen molar-refractivity contribution in [3.63, 3.8) is 0 Å². The SMILES string of the molecule is CNC(O)/C=C\C=O. The Labute approximate surface area is 48.0 Å². The molecule has 1 atom stereocenters. The Morgan fingerprint density at radius 3 is 2.75 bits per heavy atom. The van der Waals surface area contributed by atoms with Crippen molar-refractivity contribution in [3.8, 4) is 0 Å². The zero-order valence-corrected chi connectivity index (χ0v) is 4.66. The third-order valence-corrected chi connectivity index (χ3v) is 0.668. The van der Waals surface area contributed by atoms with Gasteiger partial charge in [0.1, 0.15) is 12.5 Å². The van der Waals surface area contributed by atoms with Crippen LogP contribution in [0.25, 0.3) is 0 Å². The number of allylic oxidation sites excluding steroid dienone is 1. The van der Waals surface area contributed by atoms with E-state index in [1.165, 1.54) is 12.2 Å². The summed E-state index contributed by atoms with van der Waals surface area (Å²) >= 11 is 0. The summed E-state index contributed by atoms with van der Waals surface area (Å²) in [6.45, 7) is 0. The number of likely N-dealkylation sites (N-methyl/N-ethyl adjacent to an activating group) is 1. The Balaban J connectivity index is 3.35. The summed E-state index contributed by atoms with van der Waals surface area (Å²) in [4.78, 5) is 9.60. The van der Waals surface area contributed by atoms with Crippen LogP contribution in [0.5, 0.6) is 0 Å². The van der Waals surface area contributed by atoms with Gasteiger partial charge in [0.05, 0.1) is 0 Å². The Bertz CT molecular complexity index is 90.4. The van der Waals surface area contributed by atoms with E-state index in [1.54, 1.807) is 7.05 Å². The normalized spacial score (nSPS) is 14.2. The van der Waals surface area contributed by atoms with Crippen LogP contribution in [0.4, 0.5) is 0 Å². The van der Waals surface area contributed by atoms with Gasteiger partial charge in [0, 0.05) is 0 Å². The van der Waals surface area contributed by atoms with Crippen molar-refractivity contribution in [3.05, 3.63) is 12.2 Å². The van der Waals surface area contributed by atoms with Crippen molar-refractivity contribution in [1.29, 1.82) is 0 Å². The Morgan fingerprint density at radius 1 is 1.75 bits per heavy atom. The van der Waals surface area contributed by atoms with E-state index in [1.807, 2.05) is 0 Å². The predicted octanol–water partition coefficient (Wildman–Crippen LogP) is -0.721. The fourth-order valence-corrected chi connectivity index (χ4v) is 0.247. The number of rotatable bonds is 3. The van der Waals surface area contributed by atoms with Gasteiger partial charge in [-0.25, -0.2) is 0 Å². The minimum atomic E-state index is -0.708. The highest BCUT2D eigenvalue weighted by molar-refractivity contribution is 5.64. The maximum Gasteiger partial charge on any atom is 0.142 e. The van der Waals surface area contributed by atoms with E-state index in [0.29, 0.717) is 6.29 Å². The lowest BCUT2D eigenvalue weighted by Gasteiger charge is -1.98. The summed E-state index contributed by atoms with van der Waals surface area (Å²) in [5.41, 5.74) is 0. The number of aldehydes is 1. The van der Waals surface area contributed by atoms with Crippen LogP contribution in [0.15, 0.2) is 12.2 Å². The van der Waals surface area contributed by atoms with Crippen LogP contribution in [0.3, 0.4) is 0 Å². The van der Waals surface area contributed by atoms with Crippen LogP contribution in [-0.2, 0) is 4.79 Å². The number of nitrogens with one attached hydrogen (secondary N) is 1. The van der Waals surface area contributed by atoms with Gasteiger partial charge in [-0.15, -0.1) is 0 Å². The second kappa shape index (κ2) is 4.49. The van der Waals surface area contributed by atoms with Crippen molar-refractivity contribution in [2.45, 2.75) is 6.23 Å². The molecule has 1 unspecified atom stereocenters. The van der Waals surface area contributed by atoms with E-state index < -0.39 is 6.23 Å². The van der Waals surface area contributed by atoms with E-state index in [2.05, 4.69) is 5.32 Å². The fraction of sp³-hybridized carbons (Fsp3) is 0.400. The maximum atomic E-state index is 9.60. The minimum Gasteiger partial charge on any atom is -0.375 e. The third kappa shape index (κ3) is 3.52. The van der Waals surface area contributed by atoms with Gasteiger partial charge >= 0.3 is 0 Å². The molecule has 0 bridgehead atoms. The molecule has 0 aromatic rings. The van der Waals surface area contributed by atoms with Gasteiger partial charge in [-0.05, 0) is 19.2 Å². The van der Waals surface area contributed by atoms with Crippen molar-refractivity contribution < 1.29 is 9.90 Å². The average Bonchev–Trinajstić information content (AvgIpc) is 1.83. The topological polar surface area (TPSA) is 49.3 Å². The molecule has 0 aromatic carbocycles. The van der Waals surface area contributed by atoms with Gasteiger partial charge in [-0.1, -0.05) is 0 Å². The standard InChI is InChI=1S/C5H9NO2/c1-6-5(8)3-2-4-7/h2-6,8H,1H3/b3-2-. The molecular weight excluding hydrogens is 106 g/mol. The average molecular weight is 115 g/mol. The van der Waals surface area contributed by atoms with E-state index in [0.717, 1.165) is 0 Å². The predicted molar refractivity (Wildman–Crippen MR) is 30.3 cm³/mol. The number of hydrogen-bond donors (Lipinski definition) is 2. The molecular formula is C5H9NO2. The lowest BCUT2D eigenvalue weighted by molar-refractivity contribution is -0.104. The number of aliphatic hydroxyl groups excluding tert-OH is 1. The van der Waals surface area contributed by atoms with Gasteiger partial charge in [-0.2, -0.15) is 0 Å². The second-order valence-corrected chi connectivity index (χ2v) is 1.25. The highest BCUT2D eigenvalue weighted by Gasteiger charge is 1.86. The molecule has 0 aliphatic heterocycles. The highest BCUT2D eigenvalue weighted by atomic mass is 16.3. The molecule has 0 saturated carbocycles. The van der Waals surface area contributed by atoms with Crippen LogP contribution >= 0.6 is 0 Å². The Hall–Kier alpha value is -0.670. The van der Waals surface area contributed by atoms with Gasteiger partial charge in [-0.3, -0.25) is 10.1 Å². The molecule has 0 amide bonds. The first kappa shape index (κ1) is 7.33. The zero-order chi connectivity index (χ0) is 6.41. The molecule has 0 saturated heterocycles. The first-order valence-corrected chi connectivity index (χ1v) is 2.28. The summed E-state index contributed by atoms with van der Waals surface area (Å²) in [5.74, 6) is 0. The molecule has 0 rings (SSSR count). The lowest BCUT2D eigenvalue weighted by Crippen LogP contribution is -2.21. The first-order chi connectivity index (χ1) is 3.81. The zero-order valence-electron chi connectivity index (χ0n) is 4.66. The van der Waals surface area contributed by atoms with Gasteiger partial charge < -0.3 is 5.11 Å².